The maximum absolute atomic E-state index is 12.1. The molecule has 0 aromatic heterocycles. The van der Waals surface area contributed by atoms with Crippen molar-refractivity contribution < 1.29 is 19.2 Å². The number of methoxy groups -OCH3 is 1. The molecule has 1 heterocycles. The number of benzene rings is 1. The predicted molar refractivity (Wildman–Crippen MR) is 71.0 cm³/mol. The Hall–Kier alpha value is -2.15. The first kappa shape index (κ1) is 14.3. The second kappa shape index (κ2) is 6.33. The van der Waals surface area contributed by atoms with Crippen molar-refractivity contribution in [1.82, 2.24) is 5.32 Å². The highest BCUT2D eigenvalue weighted by Crippen LogP contribution is 2.24. The van der Waals surface area contributed by atoms with Gasteiger partial charge in [-0.15, -0.1) is 0 Å². The summed E-state index contributed by atoms with van der Waals surface area (Å²) in [7, 11) is 1.41. The van der Waals surface area contributed by atoms with Crippen LogP contribution in [-0.4, -0.2) is 37.2 Å². The minimum absolute atomic E-state index is 0.0173. The van der Waals surface area contributed by atoms with Crippen LogP contribution in [0.1, 0.15) is 23.2 Å². The molecule has 1 unspecified atom stereocenters. The Morgan fingerprint density at radius 1 is 1.60 bits per heavy atom. The number of carbonyl (C=O) groups excluding carboxylic acids is 1. The molecular formula is C13H16N2O5. The molecule has 20 heavy (non-hydrogen) atoms. The van der Waals surface area contributed by atoms with Crippen molar-refractivity contribution in [3.8, 4) is 5.75 Å². The van der Waals surface area contributed by atoms with E-state index in [4.69, 9.17) is 9.47 Å². The van der Waals surface area contributed by atoms with Gasteiger partial charge in [0, 0.05) is 25.3 Å². The molecule has 2 rings (SSSR count). The summed E-state index contributed by atoms with van der Waals surface area (Å²) >= 11 is 0. The molecule has 108 valence electrons. The van der Waals surface area contributed by atoms with Gasteiger partial charge in [0.1, 0.15) is 5.75 Å². The fourth-order valence-corrected chi connectivity index (χ4v) is 2.09. The Morgan fingerprint density at radius 2 is 2.40 bits per heavy atom. The molecule has 1 saturated heterocycles. The molecule has 0 radical (unpaired) electrons. The maximum atomic E-state index is 12.1. The van der Waals surface area contributed by atoms with Gasteiger partial charge < -0.3 is 14.8 Å². The molecule has 0 aliphatic carbocycles. The summed E-state index contributed by atoms with van der Waals surface area (Å²) in [6.07, 6.45) is 1.91. The van der Waals surface area contributed by atoms with E-state index in [0.29, 0.717) is 18.9 Å². The fourth-order valence-electron chi connectivity index (χ4n) is 2.09. The summed E-state index contributed by atoms with van der Waals surface area (Å²) in [5.41, 5.74) is 0.00719. The van der Waals surface area contributed by atoms with Gasteiger partial charge in [0.25, 0.3) is 11.6 Å². The number of nitrogens with one attached hydrogen (secondary N) is 1. The molecule has 1 fully saturated rings. The second-order valence-corrected chi connectivity index (χ2v) is 4.49. The van der Waals surface area contributed by atoms with Gasteiger partial charge in [-0.3, -0.25) is 14.9 Å². The standard InChI is InChI=1S/C13H16N2O5/c1-19-12-5-4-9(15(17)18)7-11(12)13(16)14-8-10-3-2-6-20-10/h4-5,7,10H,2-3,6,8H2,1H3,(H,14,16). The number of nitro benzene ring substituents is 1. The van der Waals surface area contributed by atoms with Crippen LogP contribution >= 0.6 is 0 Å². The van der Waals surface area contributed by atoms with Gasteiger partial charge in [-0.1, -0.05) is 0 Å². The molecule has 0 spiro atoms. The molecule has 0 saturated carbocycles. The summed E-state index contributed by atoms with van der Waals surface area (Å²) in [5, 5.41) is 13.5. The molecule has 1 N–H and O–H groups in total. The molecule has 7 heteroatoms. The number of nitro groups is 1. The van der Waals surface area contributed by atoms with Crippen LogP contribution in [0.3, 0.4) is 0 Å². The van der Waals surface area contributed by atoms with Crippen LogP contribution in [0.2, 0.25) is 0 Å². The van der Waals surface area contributed by atoms with Gasteiger partial charge >= 0.3 is 0 Å². The largest absolute Gasteiger partial charge is 0.496 e. The van der Waals surface area contributed by atoms with Crippen LogP contribution in [0.15, 0.2) is 18.2 Å². The molecule has 1 aromatic rings. The van der Waals surface area contributed by atoms with E-state index >= 15 is 0 Å². The highest BCUT2D eigenvalue weighted by Gasteiger charge is 2.20. The third kappa shape index (κ3) is 3.24. The zero-order chi connectivity index (χ0) is 14.5. The Kier molecular flexibility index (Phi) is 4.52. The van der Waals surface area contributed by atoms with Crippen molar-refractivity contribution in [3.05, 3.63) is 33.9 Å². The van der Waals surface area contributed by atoms with Crippen LogP contribution in [-0.2, 0) is 4.74 Å². The van der Waals surface area contributed by atoms with Crippen molar-refractivity contribution >= 4 is 11.6 Å². The zero-order valence-electron chi connectivity index (χ0n) is 11.1. The summed E-state index contributed by atoms with van der Waals surface area (Å²) in [6.45, 7) is 1.10. The third-order valence-electron chi connectivity index (χ3n) is 3.15. The van der Waals surface area contributed by atoms with Gasteiger partial charge in [-0.25, -0.2) is 0 Å². The normalized spacial score (nSPS) is 17.8. The van der Waals surface area contributed by atoms with E-state index in [9.17, 15) is 14.9 Å². The van der Waals surface area contributed by atoms with Gasteiger partial charge in [0.2, 0.25) is 0 Å². The molecule has 1 atom stereocenters. The van der Waals surface area contributed by atoms with Gasteiger partial charge in [-0.05, 0) is 18.9 Å². The number of non-ortho nitro benzene ring substituents is 1. The molecule has 7 nitrogen and oxygen atoms in total. The SMILES string of the molecule is COc1ccc([N+](=O)[O-])cc1C(=O)NCC1CCCO1. The minimum Gasteiger partial charge on any atom is -0.496 e. The highest BCUT2D eigenvalue weighted by molar-refractivity contribution is 5.97. The average Bonchev–Trinajstić information content (AvgIpc) is 2.97. The van der Waals surface area contributed by atoms with Crippen LogP contribution in [0, 0.1) is 10.1 Å². The summed E-state index contributed by atoms with van der Waals surface area (Å²) in [5.74, 6) is -0.0958. The smallest absolute Gasteiger partial charge is 0.270 e. The number of amides is 1. The van der Waals surface area contributed by atoms with E-state index in [1.54, 1.807) is 0 Å². The zero-order valence-corrected chi connectivity index (χ0v) is 11.1. The first-order chi connectivity index (χ1) is 9.61. The van der Waals surface area contributed by atoms with E-state index < -0.39 is 10.8 Å². The lowest BCUT2D eigenvalue weighted by molar-refractivity contribution is -0.384. The number of hydrogen-bond acceptors (Lipinski definition) is 5. The highest BCUT2D eigenvalue weighted by atomic mass is 16.6. The first-order valence-corrected chi connectivity index (χ1v) is 6.34. The second-order valence-electron chi connectivity index (χ2n) is 4.49. The fraction of sp³-hybridized carbons (Fsp3) is 0.462. The van der Waals surface area contributed by atoms with E-state index in [2.05, 4.69) is 5.32 Å². The topological polar surface area (TPSA) is 90.7 Å². The molecule has 1 aromatic carbocycles. The average molecular weight is 280 g/mol. The molecule has 1 aliphatic rings. The predicted octanol–water partition coefficient (Wildman–Crippen LogP) is 1.51. The molecule has 1 amide bonds. The van der Waals surface area contributed by atoms with E-state index in [0.717, 1.165) is 12.8 Å². The molecule has 0 bridgehead atoms. The lowest BCUT2D eigenvalue weighted by atomic mass is 10.1. The van der Waals surface area contributed by atoms with Gasteiger partial charge in [-0.2, -0.15) is 0 Å². The quantitative estimate of drug-likeness (QED) is 0.652. The Morgan fingerprint density at radius 3 is 3.00 bits per heavy atom. The van der Waals surface area contributed by atoms with Gasteiger partial charge in [0.05, 0.1) is 23.7 Å². The summed E-state index contributed by atoms with van der Waals surface area (Å²) in [4.78, 5) is 22.3. The Labute approximate surface area is 116 Å². The van der Waals surface area contributed by atoms with Crippen molar-refractivity contribution in [2.75, 3.05) is 20.3 Å². The van der Waals surface area contributed by atoms with Crippen molar-refractivity contribution in [2.45, 2.75) is 18.9 Å². The minimum atomic E-state index is -0.545. The molecule has 1 aliphatic heterocycles. The number of carbonyl (C=O) groups is 1. The maximum Gasteiger partial charge on any atom is 0.270 e. The Balaban J connectivity index is 2.10. The third-order valence-corrected chi connectivity index (χ3v) is 3.15. The van der Waals surface area contributed by atoms with Crippen molar-refractivity contribution in [2.24, 2.45) is 0 Å². The van der Waals surface area contributed by atoms with Crippen LogP contribution in [0.25, 0.3) is 0 Å². The lowest BCUT2D eigenvalue weighted by Crippen LogP contribution is -2.32. The van der Waals surface area contributed by atoms with E-state index in [-0.39, 0.29) is 17.4 Å². The summed E-state index contributed by atoms with van der Waals surface area (Å²) in [6, 6.07) is 3.93. The van der Waals surface area contributed by atoms with Crippen LogP contribution in [0.5, 0.6) is 5.75 Å². The van der Waals surface area contributed by atoms with E-state index in [1.165, 1.54) is 25.3 Å². The monoisotopic (exact) mass is 280 g/mol. The summed E-state index contributed by atoms with van der Waals surface area (Å²) < 4.78 is 10.5. The lowest BCUT2D eigenvalue weighted by Gasteiger charge is -2.12. The molecular weight excluding hydrogens is 264 g/mol. The van der Waals surface area contributed by atoms with Gasteiger partial charge in [0.15, 0.2) is 0 Å². The number of rotatable bonds is 5. The van der Waals surface area contributed by atoms with Crippen molar-refractivity contribution in [1.29, 1.82) is 0 Å². The first-order valence-electron chi connectivity index (χ1n) is 6.34. The van der Waals surface area contributed by atoms with Crippen molar-refractivity contribution in [3.63, 3.8) is 0 Å². The number of hydrogen-bond donors (Lipinski definition) is 1. The van der Waals surface area contributed by atoms with Crippen LogP contribution < -0.4 is 10.1 Å². The van der Waals surface area contributed by atoms with E-state index in [1.807, 2.05) is 0 Å². The number of ether oxygens (including phenoxy) is 2. The van der Waals surface area contributed by atoms with Crippen LogP contribution in [0.4, 0.5) is 5.69 Å². The number of nitrogens with zero attached hydrogens (tertiary/aromatic N) is 1. The Bertz CT molecular complexity index is 511.